The molecular formula is C16H17NO4S. The summed E-state index contributed by atoms with van der Waals surface area (Å²) in [7, 11) is 0. The fourth-order valence-electron chi connectivity index (χ4n) is 2.32. The van der Waals surface area contributed by atoms with E-state index in [0.29, 0.717) is 0 Å². The van der Waals surface area contributed by atoms with Gasteiger partial charge in [-0.15, -0.1) is 0 Å². The van der Waals surface area contributed by atoms with E-state index in [1.807, 2.05) is 32.1 Å². The number of hydrogen-bond donors (Lipinski definition) is 2. The van der Waals surface area contributed by atoms with E-state index in [0.717, 1.165) is 27.9 Å². The van der Waals surface area contributed by atoms with Crippen molar-refractivity contribution in [1.82, 2.24) is 4.90 Å². The van der Waals surface area contributed by atoms with Gasteiger partial charge in [-0.05, 0) is 54.2 Å². The number of rotatable bonds is 4. The molecule has 0 fully saturated rings. The fraction of sp³-hybridized carbons (Fsp3) is 0.250. The van der Waals surface area contributed by atoms with Gasteiger partial charge in [0.15, 0.2) is 0 Å². The van der Waals surface area contributed by atoms with Crippen LogP contribution in [0, 0.1) is 13.8 Å². The number of nitrogens with zero attached hydrogens (tertiary/aromatic N) is 1. The Morgan fingerprint density at radius 3 is 2.55 bits per heavy atom. The molecule has 1 aromatic carbocycles. The van der Waals surface area contributed by atoms with Crippen LogP contribution in [0.5, 0.6) is 5.75 Å². The van der Waals surface area contributed by atoms with Gasteiger partial charge in [-0.25, -0.2) is 0 Å². The van der Waals surface area contributed by atoms with Crippen LogP contribution in [0.4, 0.5) is 0 Å². The molecule has 0 saturated heterocycles. The molecular weight excluding hydrogens is 302 g/mol. The third-order valence-electron chi connectivity index (χ3n) is 3.37. The van der Waals surface area contributed by atoms with Gasteiger partial charge < -0.3 is 19.9 Å². The van der Waals surface area contributed by atoms with Gasteiger partial charge in [0.25, 0.3) is 0 Å². The van der Waals surface area contributed by atoms with Crippen molar-refractivity contribution in [3.63, 3.8) is 0 Å². The van der Waals surface area contributed by atoms with Crippen molar-refractivity contribution in [2.45, 2.75) is 19.9 Å². The van der Waals surface area contributed by atoms with Crippen molar-refractivity contribution < 1.29 is 19.8 Å². The first-order chi connectivity index (χ1) is 10.4. The van der Waals surface area contributed by atoms with Gasteiger partial charge in [0, 0.05) is 11.1 Å². The highest BCUT2D eigenvalue weighted by Crippen LogP contribution is 2.32. The van der Waals surface area contributed by atoms with Crippen LogP contribution in [0.1, 0.15) is 16.7 Å². The molecule has 2 rings (SSSR count). The Hall–Kier alpha value is -2.21. The number of phenolic OH excluding ortho intramolecular Hbond substituents is 1. The van der Waals surface area contributed by atoms with Crippen LogP contribution < -0.4 is 0 Å². The molecule has 0 aliphatic carbocycles. The third-order valence-corrected chi connectivity index (χ3v) is 4.26. The summed E-state index contributed by atoms with van der Waals surface area (Å²) in [6, 6.07) is 3.05. The standard InChI is InChI=1S/C16H17NO4S/c1-10-5-12(6-11(2)16(10)21)7-14-13(9-18)17(3-4-22-14)8-15(19)20/h3-7,9,13,21H,8H2,1-2H3,(H,19,20). The van der Waals surface area contributed by atoms with Crippen molar-refractivity contribution in [1.29, 1.82) is 0 Å². The molecule has 1 heterocycles. The number of carbonyl (C=O) groups excluding carboxylic acids is 1. The number of benzene rings is 1. The highest BCUT2D eigenvalue weighted by atomic mass is 32.2. The predicted octanol–water partition coefficient (Wildman–Crippen LogP) is 2.52. The second-order valence-electron chi connectivity index (χ2n) is 5.10. The van der Waals surface area contributed by atoms with Crippen molar-refractivity contribution >= 4 is 30.1 Å². The molecule has 0 bridgehead atoms. The molecule has 5 nitrogen and oxygen atoms in total. The maximum atomic E-state index is 11.4. The van der Waals surface area contributed by atoms with Crippen LogP contribution in [0.3, 0.4) is 0 Å². The average molecular weight is 319 g/mol. The molecule has 0 radical (unpaired) electrons. The van der Waals surface area contributed by atoms with Crippen molar-refractivity contribution in [3.8, 4) is 5.75 Å². The van der Waals surface area contributed by atoms with E-state index < -0.39 is 12.0 Å². The van der Waals surface area contributed by atoms with Gasteiger partial charge in [0.2, 0.25) is 0 Å². The lowest BCUT2D eigenvalue weighted by Gasteiger charge is -2.29. The zero-order valence-electron chi connectivity index (χ0n) is 12.3. The summed E-state index contributed by atoms with van der Waals surface area (Å²) >= 11 is 1.39. The summed E-state index contributed by atoms with van der Waals surface area (Å²) in [6.45, 7) is 3.39. The van der Waals surface area contributed by atoms with E-state index >= 15 is 0 Å². The molecule has 116 valence electrons. The normalized spacial score (nSPS) is 19.5. The highest BCUT2D eigenvalue weighted by molar-refractivity contribution is 8.06. The summed E-state index contributed by atoms with van der Waals surface area (Å²) in [5.41, 5.74) is 2.38. The van der Waals surface area contributed by atoms with Crippen molar-refractivity contribution in [3.05, 3.63) is 45.3 Å². The van der Waals surface area contributed by atoms with Gasteiger partial charge in [0.1, 0.15) is 24.6 Å². The Balaban J connectivity index is 2.36. The molecule has 0 aromatic heterocycles. The number of carboxylic acid groups (broad SMARTS) is 1. The lowest BCUT2D eigenvalue weighted by molar-refractivity contribution is -0.138. The lowest BCUT2D eigenvalue weighted by Crippen LogP contribution is -2.38. The molecule has 1 aliphatic heterocycles. The zero-order chi connectivity index (χ0) is 16.3. The molecule has 0 amide bonds. The first-order valence-electron chi connectivity index (χ1n) is 6.70. The van der Waals surface area contributed by atoms with Crippen LogP contribution in [0.2, 0.25) is 0 Å². The molecule has 2 N–H and O–H groups in total. The van der Waals surface area contributed by atoms with E-state index in [9.17, 15) is 14.7 Å². The molecule has 1 atom stereocenters. The largest absolute Gasteiger partial charge is 0.507 e. The van der Waals surface area contributed by atoms with E-state index in [4.69, 9.17) is 5.11 Å². The molecule has 1 aromatic rings. The van der Waals surface area contributed by atoms with E-state index in [1.54, 1.807) is 11.6 Å². The Bertz CT molecular complexity index is 643. The molecule has 1 unspecified atom stereocenters. The number of aldehydes is 1. The minimum absolute atomic E-state index is 0.231. The van der Waals surface area contributed by atoms with Crippen LogP contribution >= 0.6 is 11.8 Å². The molecule has 0 spiro atoms. The monoisotopic (exact) mass is 319 g/mol. The highest BCUT2D eigenvalue weighted by Gasteiger charge is 2.24. The molecule has 1 aliphatic rings. The van der Waals surface area contributed by atoms with Crippen LogP contribution in [-0.2, 0) is 9.59 Å². The van der Waals surface area contributed by atoms with Crippen molar-refractivity contribution in [2.24, 2.45) is 0 Å². The number of phenols is 1. The van der Waals surface area contributed by atoms with Crippen LogP contribution in [0.15, 0.2) is 28.6 Å². The third kappa shape index (κ3) is 3.51. The van der Waals surface area contributed by atoms with Gasteiger partial charge in [-0.3, -0.25) is 4.79 Å². The van der Waals surface area contributed by atoms with Gasteiger partial charge in [0.05, 0.1) is 0 Å². The smallest absolute Gasteiger partial charge is 0.323 e. The number of carboxylic acids is 1. The van der Waals surface area contributed by atoms with Gasteiger partial charge in [-0.2, -0.15) is 0 Å². The second-order valence-corrected chi connectivity index (χ2v) is 6.08. The first kappa shape index (κ1) is 16.2. The first-order valence-corrected chi connectivity index (χ1v) is 7.58. The van der Waals surface area contributed by atoms with E-state index in [-0.39, 0.29) is 12.3 Å². The number of aryl methyl sites for hydroxylation is 2. The second kappa shape index (κ2) is 6.70. The van der Waals surface area contributed by atoms with Gasteiger partial charge in [-0.1, -0.05) is 11.8 Å². The number of thioether (sulfide) groups is 1. The summed E-state index contributed by atoms with van der Waals surface area (Å²) in [5, 5.41) is 20.5. The van der Waals surface area contributed by atoms with Gasteiger partial charge >= 0.3 is 5.97 Å². The number of carbonyl (C=O) groups is 2. The fourth-order valence-corrected chi connectivity index (χ4v) is 3.23. The molecule has 0 saturated carbocycles. The summed E-state index contributed by atoms with van der Waals surface area (Å²) in [6.07, 6.45) is 4.20. The zero-order valence-corrected chi connectivity index (χ0v) is 13.1. The Morgan fingerprint density at radius 2 is 2.00 bits per heavy atom. The Morgan fingerprint density at radius 1 is 1.36 bits per heavy atom. The maximum Gasteiger partial charge on any atom is 0.323 e. The van der Waals surface area contributed by atoms with Crippen LogP contribution in [0.25, 0.3) is 6.08 Å². The number of aliphatic carboxylic acids is 1. The molecule has 6 heteroatoms. The minimum Gasteiger partial charge on any atom is -0.507 e. The Kier molecular flexibility index (Phi) is 4.92. The summed E-state index contributed by atoms with van der Waals surface area (Å²) < 4.78 is 0. The van der Waals surface area contributed by atoms with E-state index in [2.05, 4.69) is 0 Å². The maximum absolute atomic E-state index is 11.4. The average Bonchev–Trinajstić information content (AvgIpc) is 2.44. The van der Waals surface area contributed by atoms with Crippen molar-refractivity contribution in [2.75, 3.05) is 6.54 Å². The summed E-state index contributed by atoms with van der Waals surface area (Å²) in [5.74, 6) is -0.725. The lowest BCUT2D eigenvalue weighted by atomic mass is 10.0. The quantitative estimate of drug-likeness (QED) is 0.830. The van der Waals surface area contributed by atoms with Crippen LogP contribution in [-0.4, -0.2) is 40.0 Å². The topological polar surface area (TPSA) is 77.8 Å². The number of hydrogen-bond acceptors (Lipinski definition) is 5. The Labute approximate surface area is 132 Å². The molecule has 22 heavy (non-hydrogen) atoms. The SMILES string of the molecule is Cc1cc(C=C2SC=CN(CC(=O)O)C2C=O)cc(C)c1O. The number of aromatic hydroxyl groups is 1. The minimum atomic E-state index is -0.987. The van der Waals surface area contributed by atoms with E-state index in [1.165, 1.54) is 16.7 Å². The summed E-state index contributed by atoms with van der Waals surface area (Å²) in [4.78, 5) is 24.5. The predicted molar refractivity (Wildman–Crippen MR) is 86.5 cm³/mol.